The Hall–Kier alpha value is -4.39. The highest BCUT2D eigenvalue weighted by molar-refractivity contribution is 6.00. The van der Waals surface area contributed by atoms with Gasteiger partial charge in [-0.2, -0.15) is 5.10 Å². The molecule has 3 heterocycles. The zero-order valence-electron chi connectivity index (χ0n) is 28.2. The monoisotopic (exact) mass is 663 g/mol. The van der Waals surface area contributed by atoms with Crippen LogP contribution < -0.4 is 10.6 Å². The highest BCUT2D eigenvalue weighted by atomic mass is 19.1. The summed E-state index contributed by atoms with van der Waals surface area (Å²) < 4.78 is 22.6. The first-order chi connectivity index (χ1) is 23.0. The summed E-state index contributed by atoms with van der Waals surface area (Å²) >= 11 is 0. The average molecular weight is 664 g/mol. The zero-order chi connectivity index (χ0) is 34.4. The number of ketones is 1. The van der Waals surface area contributed by atoms with Gasteiger partial charge >= 0.3 is 0 Å². The molecule has 0 spiro atoms. The molecule has 258 valence electrons. The van der Waals surface area contributed by atoms with Gasteiger partial charge in [-0.05, 0) is 56.5 Å². The number of rotatable bonds is 12. The largest absolute Gasteiger partial charge is 0.448 e. The van der Waals surface area contributed by atoms with E-state index < -0.39 is 35.5 Å². The van der Waals surface area contributed by atoms with Gasteiger partial charge in [0.2, 0.25) is 11.8 Å². The molecular weight excluding hydrogens is 617 g/mol. The summed E-state index contributed by atoms with van der Waals surface area (Å²) in [6.45, 7) is 8.21. The molecule has 48 heavy (non-hydrogen) atoms. The van der Waals surface area contributed by atoms with Gasteiger partial charge in [0.1, 0.15) is 23.8 Å². The number of oxazole rings is 1. The number of piperazine rings is 1. The predicted molar refractivity (Wildman–Crippen MR) is 177 cm³/mol. The number of likely N-dealkylation sites (N-methyl/N-ethyl adjacent to an activating group) is 1. The average Bonchev–Trinajstić information content (AvgIpc) is 3.76. The van der Waals surface area contributed by atoms with E-state index in [4.69, 9.17) is 4.42 Å². The van der Waals surface area contributed by atoms with Crippen LogP contribution in [0.1, 0.15) is 90.7 Å². The number of Topliss-reactive ketones (excluding diaryl/α,β-unsaturated/α-hetero) is 1. The Bertz CT molecular complexity index is 1610. The molecular formula is C35H46FN7O5. The molecule has 2 aromatic heterocycles. The third kappa shape index (κ3) is 8.18. The normalized spacial score (nSPS) is 17.8. The molecule has 2 aliphatic rings. The molecule has 3 atom stereocenters. The second-order valence-corrected chi connectivity index (χ2v) is 13.0. The topological polar surface area (TPSA) is 143 Å². The fraction of sp³-hybridized carbons (Fsp3) is 0.543. The third-order valence-electron chi connectivity index (χ3n) is 9.76. The Morgan fingerprint density at radius 3 is 2.44 bits per heavy atom. The van der Waals surface area contributed by atoms with Gasteiger partial charge in [0.05, 0.1) is 5.69 Å². The maximum atomic E-state index is 15.7. The number of carbonyl (C=O) groups is 4. The number of aromatic nitrogens is 3. The quantitative estimate of drug-likeness (QED) is 0.271. The van der Waals surface area contributed by atoms with Crippen LogP contribution in [-0.2, 0) is 16.1 Å². The van der Waals surface area contributed by atoms with Crippen molar-refractivity contribution in [3.8, 4) is 0 Å². The molecule has 0 bridgehead atoms. The van der Waals surface area contributed by atoms with Crippen molar-refractivity contribution in [1.29, 1.82) is 0 Å². The number of benzene rings is 1. The Balaban J connectivity index is 1.34. The van der Waals surface area contributed by atoms with Crippen molar-refractivity contribution in [3.05, 3.63) is 65.4 Å². The summed E-state index contributed by atoms with van der Waals surface area (Å²) in [5, 5.41) is 9.77. The van der Waals surface area contributed by atoms with Gasteiger partial charge in [0, 0.05) is 64.1 Å². The Morgan fingerprint density at radius 1 is 1.06 bits per heavy atom. The zero-order valence-corrected chi connectivity index (χ0v) is 28.2. The van der Waals surface area contributed by atoms with E-state index in [-0.39, 0.29) is 35.4 Å². The molecule has 0 radical (unpaired) electrons. The van der Waals surface area contributed by atoms with Crippen molar-refractivity contribution >= 4 is 29.2 Å². The van der Waals surface area contributed by atoms with Crippen molar-refractivity contribution < 1.29 is 28.0 Å². The van der Waals surface area contributed by atoms with Crippen LogP contribution in [0.25, 0.3) is 0 Å². The summed E-state index contributed by atoms with van der Waals surface area (Å²) in [4.78, 5) is 61.9. The van der Waals surface area contributed by atoms with E-state index in [0.717, 1.165) is 32.1 Å². The summed E-state index contributed by atoms with van der Waals surface area (Å²) in [6, 6.07) is 5.08. The van der Waals surface area contributed by atoms with Gasteiger partial charge in [-0.1, -0.05) is 32.3 Å². The third-order valence-corrected chi connectivity index (χ3v) is 9.76. The molecule has 5 rings (SSSR count). The van der Waals surface area contributed by atoms with Gasteiger partial charge < -0.3 is 24.9 Å². The van der Waals surface area contributed by atoms with E-state index in [2.05, 4.69) is 25.6 Å². The molecule has 1 saturated heterocycles. The van der Waals surface area contributed by atoms with Crippen LogP contribution in [0, 0.1) is 24.6 Å². The van der Waals surface area contributed by atoms with E-state index in [1.54, 1.807) is 41.8 Å². The lowest BCUT2D eigenvalue weighted by atomic mass is 9.77. The van der Waals surface area contributed by atoms with Crippen molar-refractivity contribution in [2.24, 2.45) is 11.8 Å². The van der Waals surface area contributed by atoms with Crippen molar-refractivity contribution in [2.75, 3.05) is 38.5 Å². The van der Waals surface area contributed by atoms with Gasteiger partial charge in [0.25, 0.3) is 5.91 Å². The Labute approximate surface area is 280 Å². The molecule has 2 N–H and O–H groups in total. The smallest absolute Gasteiger partial charge is 0.273 e. The standard InChI is InChI=1S/C35H46FN7O5/c1-5-43-30(13-14-37-43)31(44)20-26(24-9-7-6-8-10-24)33(45)39-28-12-11-25(19-27(28)36)22(2)32(35(47)42-17-15-41(4)16-18-42)40-34(46)29-21-48-23(3)38-29/h11-14,19,21-22,24,26,32H,5-10,15-18,20H2,1-4H3,(H,39,45)(H,40,46)/t22-,26-,32+/m0/s1. The van der Waals surface area contributed by atoms with Gasteiger partial charge in [-0.15, -0.1) is 0 Å². The molecule has 3 aromatic rings. The van der Waals surface area contributed by atoms with Crippen molar-refractivity contribution in [2.45, 2.75) is 77.8 Å². The number of hydrogen-bond acceptors (Lipinski definition) is 8. The van der Waals surface area contributed by atoms with Gasteiger partial charge in [-0.3, -0.25) is 23.9 Å². The molecule has 1 saturated carbocycles. The van der Waals surface area contributed by atoms with E-state index in [0.29, 0.717) is 49.9 Å². The van der Waals surface area contributed by atoms with Crippen LogP contribution in [0.5, 0.6) is 0 Å². The number of nitrogens with one attached hydrogen (secondary N) is 2. The van der Waals surface area contributed by atoms with Crippen molar-refractivity contribution in [3.63, 3.8) is 0 Å². The summed E-state index contributed by atoms with van der Waals surface area (Å²) in [5.74, 6) is -2.97. The fourth-order valence-corrected chi connectivity index (χ4v) is 6.78. The Morgan fingerprint density at radius 2 is 1.79 bits per heavy atom. The highest BCUT2D eigenvalue weighted by Crippen LogP contribution is 2.34. The second-order valence-electron chi connectivity index (χ2n) is 13.0. The molecule has 0 unspecified atom stereocenters. The van der Waals surface area contributed by atoms with E-state index in [1.807, 2.05) is 14.0 Å². The molecule has 1 aliphatic heterocycles. The van der Waals surface area contributed by atoms with Gasteiger partial charge in [-0.25, -0.2) is 9.37 Å². The molecule has 3 amide bonds. The molecule has 1 aromatic carbocycles. The maximum Gasteiger partial charge on any atom is 0.273 e. The number of aryl methyl sites for hydroxylation is 2. The first-order valence-corrected chi connectivity index (χ1v) is 16.9. The van der Waals surface area contributed by atoms with Crippen LogP contribution in [0.2, 0.25) is 0 Å². The number of anilines is 1. The molecule has 13 heteroatoms. The SMILES string of the molecule is CCn1nccc1C(=O)C[C@H](C(=O)Nc1ccc([C@H](C)[C@@H](NC(=O)c2coc(C)n2)C(=O)N2CCN(C)CC2)cc1F)C1CCCCC1. The van der Waals surface area contributed by atoms with Crippen LogP contribution in [0.3, 0.4) is 0 Å². The minimum absolute atomic E-state index is 0.00754. The summed E-state index contributed by atoms with van der Waals surface area (Å²) in [5.41, 5.74) is 0.973. The summed E-state index contributed by atoms with van der Waals surface area (Å²) in [7, 11) is 1.98. The number of halogens is 1. The van der Waals surface area contributed by atoms with Crippen LogP contribution >= 0.6 is 0 Å². The minimum Gasteiger partial charge on any atom is -0.448 e. The minimum atomic E-state index is -1.00. The van der Waals surface area contributed by atoms with Crippen LogP contribution in [0.4, 0.5) is 10.1 Å². The summed E-state index contributed by atoms with van der Waals surface area (Å²) in [6.07, 6.45) is 7.55. The van der Waals surface area contributed by atoms with E-state index in [1.165, 1.54) is 18.4 Å². The van der Waals surface area contributed by atoms with Crippen LogP contribution in [-0.4, -0.2) is 87.3 Å². The van der Waals surface area contributed by atoms with Crippen LogP contribution in [0.15, 0.2) is 41.1 Å². The lowest BCUT2D eigenvalue weighted by Gasteiger charge is -2.36. The van der Waals surface area contributed by atoms with Crippen molar-refractivity contribution in [1.82, 2.24) is 29.9 Å². The molecule has 12 nitrogen and oxygen atoms in total. The fourth-order valence-electron chi connectivity index (χ4n) is 6.78. The number of nitrogens with zero attached hydrogens (tertiary/aromatic N) is 5. The number of hydrogen-bond donors (Lipinski definition) is 2. The van der Waals surface area contributed by atoms with E-state index >= 15 is 4.39 Å². The Kier molecular flexibility index (Phi) is 11.4. The lowest BCUT2D eigenvalue weighted by molar-refractivity contribution is -0.135. The first kappa shape index (κ1) is 34.9. The number of amides is 3. The first-order valence-electron chi connectivity index (χ1n) is 16.9. The molecule has 1 aliphatic carbocycles. The van der Waals surface area contributed by atoms with E-state index in [9.17, 15) is 19.2 Å². The second kappa shape index (κ2) is 15.7. The maximum absolute atomic E-state index is 15.7. The van der Waals surface area contributed by atoms with Gasteiger partial charge in [0.15, 0.2) is 17.4 Å². The molecule has 2 fully saturated rings. The number of carbonyl (C=O) groups excluding carboxylic acids is 4. The predicted octanol–water partition coefficient (Wildman–Crippen LogP) is 4.42. The highest BCUT2D eigenvalue weighted by Gasteiger charge is 2.35. The lowest BCUT2D eigenvalue weighted by Crippen LogP contribution is -2.55.